The van der Waals surface area contributed by atoms with Crippen molar-refractivity contribution < 1.29 is 9.90 Å². The Morgan fingerprint density at radius 1 is 1.47 bits per heavy atom. The van der Waals surface area contributed by atoms with Crippen molar-refractivity contribution in [1.82, 2.24) is 5.32 Å². The Balaban J connectivity index is 2.44. The summed E-state index contributed by atoms with van der Waals surface area (Å²) < 4.78 is 0. The molecule has 0 aromatic heterocycles. The van der Waals surface area contributed by atoms with Crippen molar-refractivity contribution in [1.29, 1.82) is 0 Å². The predicted octanol–water partition coefficient (Wildman–Crippen LogP) is 1.50. The second kappa shape index (κ2) is 5.51. The van der Waals surface area contributed by atoms with Gasteiger partial charge in [-0.15, -0.1) is 0 Å². The van der Waals surface area contributed by atoms with E-state index < -0.39 is 0 Å². The average molecular weight is 207 g/mol. The summed E-state index contributed by atoms with van der Waals surface area (Å²) in [4.78, 5) is 11.5. The number of hydrogen-bond donors (Lipinski definition) is 2. The largest absolute Gasteiger partial charge is 0.508 e. The highest BCUT2D eigenvalue weighted by atomic mass is 16.3. The van der Waals surface area contributed by atoms with E-state index in [2.05, 4.69) is 5.32 Å². The lowest BCUT2D eigenvalue weighted by molar-refractivity contribution is -0.117. The highest BCUT2D eigenvalue weighted by Gasteiger charge is 2.04. The van der Waals surface area contributed by atoms with Crippen LogP contribution in [0.25, 0.3) is 0 Å². The fourth-order valence-corrected chi connectivity index (χ4v) is 1.27. The van der Waals surface area contributed by atoms with Gasteiger partial charge in [0.2, 0.25) is 0 Å². The van der Waals surface area contributed by atoms with Crippen LogP contribution in [0.5, 0.6) is 5.75 Å². The summed E-state index contributed by atoms with van der Waals surface area (Å²) in [6, 6.07) is 7.12. The predicted molar refractivity (Wildman–Crippen MR) is 60.0 cm³/mol. The lowest BCUT2D eigenvalue weighted by Crippen LogP contribution is -2.29. The molecule has 3 heteroatoms. The Bertz CT molecular complexity index is 334. The fraction of sp³-hybridized carbons (Fsp3) is 0.417. The van der Waals surface area contributed by atoms with Crippen molar-refractivity contribution in [2.75, 3.05) is 6.54 Å². The van der Waals surface area contributed by atoms with Gasteiger partial charge in [-0.2, -0.15) is 0 Å². The quantitative estimate of drug-likeness (QED) is 0.769. The molecular formula is C12H17NO2. The van der Waals surface area contributed by atoms with Gasteiger partial charge < -0.3 is 10.4 Å². The van der Waals surface area contributed by atoms with Crippen molar-refractivity contribution in [2.45, 2.75) is 26.3 Å². The molecule has 15 heavy (non-hydrogen) atoms. The molecule has 0 aliphatic carbocycles. The van der Waals surface area contributed by atoms with Crippen molar-refractivity contribution >= 4 is 5.78 Å². The number of benzene rings is 1. The van der Waals surface area contributed by atoms with Crippen LogP contribution in [0.15, 0.2) is 24.3 Å². The van der Waals surface area contributed by atoms with E-state index in [1.54, 1.807) is 18.2 Å². The van der Waals surface area contributed by atoms with Crippen LogP contribution in [-0.2, 0) is 11.2 Å². The zero-order valence-electron chi connectivity index (χ0n) is 9.16. The van der Waals surface area contributed by atoms with E-state index in [4.69, 9.17) is 0 Å². The summed E-state index contributed by atoms with van der Waals surface area (Å²) in [6.45, 7) is 4.39. The third-order valence-electron chi connectivity index (χ3n) is 2.02. The highest BCUT2D eigenvalue weighted by molar-refractivity contribution is 5.82. The molecule has 0 saturated carbocycles. The molecule has 0 saturated heterocycles. The van der Waals surface area contributed by atoms with Crippen LogP contribution in [0.3, 0.4) is 0 Å². The molecule has 82 valence electrons. The maximum Gasteiger partial charge on any atom is 0.150 e. The average Bonchev–Trinajstić information content (AvgIpc) is 2.15. The minimum Gasteiger partial charge on any atom is -0.508 e. The van der Waals surface area contributed by atoms with Gasteiger partial charge in [-0.3, -0.25) is 4.79 Å². The molecule has 0 amide bonds. The standard InChI is InChI=1S/C12H17NO2/c1-9(2)13-8-12(15)7-10-4-3-5-11(14)6-10/h3-6,9,13-14H,7-8H2,1-2H3. The first kappa shape index (κ1) is 11.7. The number of Topliss-reactive ketones (excluding diaryl/α,β-unsaturated/α-hetero) is 1. The number of aromatic hydroxyl groups is 1. The van der Waals surface area contributed by atoms with E-state index in [1.807, 2.05) is 19.9 Å². The first-order valence-corrected chi connectivity index (χ1v) is 5.11. The molecule has 0 aliphatic rings. The molecule has 0 heterocycles. The first-order valence-electron chi connectivity index (χ1n) is 5.11. The Kier molecular flexibility index (Phi) is 4.31. The molecule has 3 nitrogen and oxygen atoms in total. The van der Waals surface area contributed by atoms with E-state index >= 15 is 0 Å². The van der Waals surface area contributed by atoms with Crippen molar-refractivity contribution in [2.24, 2.45) is 0 Å². The van der Waals surface area contributed by atoms with Crippen LogP contribution in [-0.4, -0.2) is 23.5 Å². The molecule has 0 aliphatic heterocycles. The second-order valence-corrected chi connectivity index (χ2v) is 3.92. The summed E-state index contributed by atoms with van der Waals surface area (Å²) in [7, 11) is 0. The number of phenolic OH excluding ortho intramolecular Hbond substituents is 1. The third kappa shape index (κ3) is 4.61. The first-order chi connectivity index (χ1) is 7.08. The van der Waals surface area contributed by atoms with Crippen LogP contribution < -0.4 is 5.32 Å². The molecule has 0 radical (unpaired) electrons. The number of hydrogen-bond acceptors (Lipinski definition) is 3. The maximum absolute atomic E-state index is 11.5. The highest BCUT2D eigenvalue weighted by Crippen LogP contribution is 2.11. The zero-order valence-corrected chi connectivity index (χ0v) is 9.16. The van der Waals surface area contributed by atoms with Gasteiger partial charge in [0.05, 0.1) is 6.54 Å². The minimum atomic E-state index is 0.134. The smallest absolute Gasteiger partial charge is 0.150 e. The van der Waals surface area contributed by atoms with Gasteiger partial charge in [0.15, 0.2) is 5.78 Å². The molecule has 1 aromatic carbocycles. The SMILES string of the molecule is CC(C)NCC(=O)Cc1cccc(O)c1. The molecule has 1 rings (SSSR count). The van der Waals surface area contributed by atoms with Crippen molar-refractivity contribution in [3.63, 3.8) is 0 Å². The molecule has 0 atom stereocenters. The van der Waals surface area contributed by atoms with Gasteiger partial charge in [-0.1, -0.05) is 26.0 Å². The van der Waals surface area contributed by atoms with Crippen LogP contribution in [0.1, 0.15) is 19.4 Å². The normalized spacial score (nSPS) is 10.6. The summed E-state index contributed by atoms with van der Waals surface area (Å²) in [6.07, 6.45) is 0.369. The maximum atomic E-state index is 11.5. The molecule has 2 N–H and O–H groups in total. The molecule has 0 unspecified atom stereocenters. The van der Waals surface area contributed by atoms with Gasteiger partial charge in [-0.25, -0.2) is 0 Å². The van der Waals surface area contributed by atoms with E-state index in [-0.39, 0.29) is 11.5 Å². The Hall–Kier alpha value is -1.35. The van der Waals surface area contributed by atoms with Gasteiger partial charge in [0, 0.05) is 12.5 Å². The molecular weight excluding hydrogens is 190 g/mol. The van der Waals surface area contributed by atoms with Crippen molar-refractivity contribution in [3.8, 4) is 5.75 Å². The summed E-state index contributed by atoms with van der Waals surface area (Å²) >= 11 is 0. The number of carbonyl (C=O) groups excluding carboxylic acids is 1. The minimum absolute atomic E-state index is 0.134. The van der Waals surface area contributed by atoms with Crippen LogP contribution >= 0.6 is 0 Å². The molecule has 1 aromatic rings. The number of carbonyl (C=O) groups is 1. The van der Waals surface area contributed by atoms with Gasteiger partial charge >= 0.3 is 0 Å². The van der Waals surface area contributed by atoms with Gasteiger partial charge in [0.25, 0.3) is 0 Å². The van der Waals surface area contributed by atoms with Crippen LogP contribution in [0, 0.1) is 0 Å². The van der Waals surface area contributed by atoms with Crippen molar-refractivity contribution in [3.05, 3.63) is 29.8 Å². The molecule has 0 fully saturated rings. The number of phenols is 1. The number of nitrogens with one attached hydrogen (secondary N) is 1. The van der Waals surface area contributed by atoms with E-state index in [0.717, 1.165) is 5.56 Å². The number of rotatable bonds is 5. The Morgan fingerprint density at radius 2 is 2.20 bits per heavy atom. The Labute approximate surface area is 90.1 Å². The lowest BCUT2D eigenvalue weighted by atomic mass is 10.1. The molecule has 0 bridgehead atoms. The number of ketones is 1. The van der Waals surface area contributed by atoms with Gasteiger partial charge in [-0.05, 0) is 17.7 Å². The van der Waals surface area contributed by atoms with E-state index in [9.17, 15) is 9.90 Å². The Morgan fingerprint density at radius 3 is 2.80 bits per heavy atom. The summed E-state index contributed by atoms with van der Waals surface area (Å²) in [5.41, 5.74) is 0.852. The zero-order chi connectivity index (χ0) is 11.3. The summed E-state index contributed by atoms with van der Waals surface area (Å²) in [5, 5.41) is 12.3. The van der Waals surface area contributed by atoms with Crippen LogP contribution in [0.4, 0.5) is 0 Å². The summed E-state index contributed by atoms with van der Waals surface area (Å²) in [5.74, 6) is 0.339. The van der Waals surface area contributed by atoms with Crippen LogP contribution in [0.2, 0.25) is 0 Å². The lowest BCUT2D eigenvalue weighted by Gasteiger charge is -2.07. The molecule has 0 spiro atoms. The topological polar surface area (TPSA) is 49.3 Å². The second-order valence-electron chi connectivity index (χ2n) is 3.92. The van der Waals surface area contributed by atoms with E-state index in [1.165, 1.54) is 0 Å². The monoisotopic (exact) mass is 207 g/mol. The van der Waals surface area contributed by atoms with E-state index in [0.29, 0.717) is 19.0 Å². The van der Waals surface area contributed by atoms with Gasteiger partial charge in [0.1, 0.15) is 5.75 Å². The third-order valence-corrected chi connectivity index (χ3v) is 2.02. The fourth-order valence-electron chi connectivity index (χ4n) is 1.27.